The van der Waals surface area contributed by atoms with Crippen molar-refractivity contribution in [3.05, 3.63) is 17.5 Å². The van der Waals surface area contributed by atoms with Gasteiger partial charge in [0.2, 0.25) is 0 Å². The van der Waals surface area contributed by atoms with Crippen molar-refractivity contribution in [2.24, 2.45) is 0 Å². The van der Waals surface area contributed by atoms with Crippen LogP contribution in [0.2, 0.25) is 5.15 Å². The molecule has 13 heavy (non-hydrogen) atoms. The maximum absolute atomic E-state index is 9.05. The summed E-state index contributed by atoms with van der Waals surface area (Å²) < 4.78 is 0. The van der Waals surface area contributed by atoms with Crippen LogP contribution in [0.1, 0.15) is 12.8 Å². The second kappa shape index (κ2) is 3.47. The summed E-state index contributed by atoms with van der Waals surface area (Å²) in [5, 5.41) is 12.6. The Bertz CT molecular complexity index is 301. The van der Waals surface area contributed by atoms with E-state index in [0.29, 0.717) is 17.0 Å². The number of nitrogens with zero attached hydrogens (tertiary/aromatic N) is 2. The lowest BCUT2D eigenvalue weighted by Gasteiger charge is -2.32. The number of hydrogen-bond acceptors (Lipinski definition) is 4. The first-order valence-corrected chi connectivity index (χ1v) is 4.54. The Balaban J connectivity index is 1.94. The van der Waals surface area contributed by atoms with Crippen molar-refractivity contribution < 1.29 is 5.11 Å². The van der Waals surface area contributed by atoms with Crippen LogP contribution >= 0.6 is 11.6 Å². The highest BCUT2D eigenvalue weighted by molar-refractivity contribution is 6.29. The van der Waals surface area contributed by atoms with Gasteiger partial charge >= 0.3 is 0 Å². The Morgan fingerprint density at radius 3 is 2.85 bits per heavy atom. The maximum Gasteiger partial charge on any atom is 0.149 e. The van der Waals surface area contributed by atoms with Crippen LogP contribution in [0.3, 0.4) is 0 Å². The third kappa shape index (κ3) is 2.08. The van der Waals surface area contributed by atoms with Gasteiger partial charge in [0, 0.05) is 6.04 Å². The molecule has 2 N–H and O–H groups in total. The molecule has 1 aliphatic carbocycles. The van der Waals surface area contributed by atoms with E-state index in [0.717, 1.165) is 12.8 Å². The molecule has 1 aliphatic rings. The zero-order valence-corrected chi connectivity index (χ0v) is 7.70. The van der Waals surface area contributed by atoms with Crippen LogP contribution in [0.5, 0.6) is 0 Å². The zero-order chi connectivity index (χ0) is 9.26. The fourth-order valence-corrected chi connectivity index (χ4v) is 1.47. The number of halogens is 1. The Morgan fingerprint density at radius 2 is 2.23 bits per heavy atom. The van der Waals surface area contributed by atoms with Gasteiger partial charge in [-0.15, -0.1) is 0 Å². The Hall–Kier alpha value is -0.870. The highest BCUT2D eigenvalue weighted by atomic mass is 35.5. The largest absolute Gasteiger partial charge is 0.393 e. The van der Waals surface area contributed by atoms with E-state index >= 15 is 0 Å². The van der Waals surface area contributed by atoms with Crippen LogP contribution in [0.15, 0.2) is 12.4 Å². The van der Waals surface area contributed by atoms with Crippen molar-refractivity contribution in [1.29, 1.82) is 0 Å². The molecule has 1 fully saturated rings. The molecule has 1 saturated carbocycles. The second-order valence-corrected chi connectivity index (χ2v) is 3.58. The average molecular weight is 200 g/mol. The summed E-state index contributed by atoms with van der Waals surface area (Å²) in [5.74, 6) is 0.671. The van der Waals surface area contributed by atoms with Crippen LogP contribution in [0.25, 0.3) is 0 Å². The molecule has 0 unspecified atom stereocenters. The SMILES string of the molecule is OC1CC(Nc2cncc(Cl)n2)C1. The number of rotatable bonds is 2. The van der Waals surface area contributed by atoms with Gasteiger partial charge in [0.25, 0.3) is 0 Å². The van der Waals surface area contributed by atoms with E-state index in [2.05, 4.69) is 15.3 Å². The third-order valence-corrected chi connectivity index (χ3v) is 2.25. The molecular formula is C8H10ClN3O. The van der Waals surface area contributed by atoms with Gasteiger partial charge in [0.05, 0.1) is 18.5 Å². The fraction of sp³-hybridized carbons (Fsp3) is 0.500. The van der Waals surface area contributed by atoms with Crippen LogP contribution in [0, 0.1) is 0 Å². The monoisotopic (exact) mass is 199 g/mol. The molecule has 0 aliphatic heterocycles. The molecule has 0 saturated heterocycles. The molecule has 1 aromatic rings. The molecular weight excluding hydrogens is 190 g/mol. The maximum atomic E-state index is 9.05. The summed E-state index contributed by atoms with van der Waals surface area (Å²) in [6.45, 7) is 0. The summed E-state index contributed by atoms with van der Waals surface area (Å²) in [6, 6.07) is 0.308. The van der Waals surface area contributed by atoms with E-state index in [-0.39, 0.29) is 6.10 Å². The molecule has 0 bridgehead atoms. The molecule has 5 heteroatoms. The molecule has 0 radical (unpaired) electrons. The highest BCUT2D eigenvalue weighted by Gasteiger charge is 2.27. The van der Waals surface area contributed by atoms with E-state index in [1.54, 1.807) is 6.20 Å². The smallest absolute Gasteiger partial charge is 0.149 e. The second-order valence-electron chi connectivity index (χ2n) is 3.19. The lowest BCUT2D eigenvalue weighted by atomic mass is 9.90. The topological polar surface area (TPSA) is 58.0 Å². The number of aliphatic hydroxyl groups excluding tert-OH is 1. The van der Waals surface area contributed by atoms with Gasteiger partial charge in [0.15, 0.2) is 0 Å². The summed E-state index contributed by atoms with van der Waals surface area (Å²) in [7, 11) is 0. The van der Waals surface area contributed by atoms with E-state index in [1.807, 2.05) is 0 Å². The zero-order valence-electron chi connectivity index (χ0n) is 6.94. The lowest BCUT2D eigenvalue weighted by molar-refractivity contribution is 0.0835. The first-order chi connectivity index (χ1) is 6.24. The molecule has 0 amide bonds. The molecule has 1 heterocycles. The normalized spacial score (nSPS) is 26.6. The van der Waals surface area contributed by atoms with E-state index in [4.69, 9.17) is 16.7 Å². The predicted molar refractivity (Wildman–Crippen MR) is 49.7 cm³/mol. The third-order valence-electron chi connectivity index (χ3n) is 2.07. The van der Waals surface area contributed by atoms with Crippen LogP contribution < -0.4 is 5.32 Å². The van der Waals surface area contributed by atoms with Gasteiger partial charge < -0.3 is 10.4 Å². The average Bonchev–Trinajstić information content (AvgIpc) is 2.01. The number of nitrogens with one attached hydrogen (secondary N) is 1. The lowest BCUT2D eigenvalue weighted by Crippen LogP contribution is -2.39. The van der Waals surface area contributed by atoms with Gasteiger partial charge in [-0.3, -0.25) is 4.98 Å². The van der Waals surface area contributed by atoms with Crippen molar-refractivity contribution in [3.63, 3.8) is 0 Å². The van der Waals surface area contributed by atoms with Crippen LogP contribution in [-0.4, -0.2) is 27.2 Å². The minimum atomic E-state index is -0.162. The van der Waals surface area contributed by atoms with Crippen molar-refractivity contribution >= 4 is 17.4 Å². The Labute approximate surface area is 81.0 Å². The summed E-state index contributed by atoms with van der Waals surface area (Å²) >= 11 is 5.66. The van der Waals surface area contributed by atoms with E-state index in [9.17, 15) is 0 Å². The van der Waals surface area contributed by atoms with Crippen molar-refractivity contribution in [1.82, 2.24) is 9.97 Å². The highest BCUT2D eigenvalue weighted by Crippen LogP contribution is 2.23. The minimum Gasteiger partial charge on any atom is -0.393 e. The molecule has 0 aromatic carbocycles. The van der Waals surface area contributed by atoms with Gasteiger partial charge in [-0.05, 0) is 12.8 Å². The first kappa shape index (κ1) is 8.72. The first-order valence-electron chi connectivity index (χ1n) is 4.16. The van der Waals surface area contributed by atoms with E-state index in [1.165, 1.54) is 6.20 Å². The van der Waals surface area contributed by atoms with Crippen LogP contribution in [0.4, 0.5) is 5.82 Å². The Morgan fingerprint density at radius 1 is 1.46 bits per heavy atom. The minimum absolute atomic E-state index is 0.162. The molecule has 1 aromatic heterocycles. The Kier molecular flexibility index (Phi) is 2.33. The van der Waals surface area contributed by atoms with Crippen LogP contribution in [-0.2, 0) is 0 Å². The molecule has 2 rings (SSSR count). The predicted octanol–water partition coefficient (Wildman–Crippen LogP) is 1.07. The van der Waals surface area contributed by atoms with Gasteiger partial charge in [0.1, 0.15) is 11.0 Å². The number of hydrogen-bond donors (Lipinski definition) is 2. The molecule has 0 spiro atoms. The van der Waals surface area contributed by atoms with Gasteiger partial charge in [-0.2, -0.15) is 0 Å². The summed E-state index contributed by atoms with van der Waals surface area (Å²) in [5.41, 5.74) is 0. The number of anilines is 1. The van der Waals surface area contributed by atoms with Gasteiger partial charge in [-0.1, -0.05) is 11.6 Å². The number of aliphatic hydroxyl groups is 1. The van der Waals surface area contributed by atoms with Gasteiger partial charge in [-0.25, -0.2) is 4.98 Å². The molecule has 4 nitrogen and oxygen atoms in total. The van der Waals surface area contributed by atoms with Crippen molar-refractivity contribution in [3.8, 4) is 0 Å². The molecule has 0 atom stereocenters. The van der Waals surface area contributed by atoms with Crippen molar-refractivity contribution in [2.45, 2.75) is 25.0 Å². The van der Waals surface area contributed by atoms with Crippen molar-refractivity contribution in [2.75, 3.05) is 5.32 Å². The quantitative estimate of drug-likeness (QED) is 0.748. The molecule has 70 valence electrons. The summed E-state index contributed by atoms with van der Waals surface area (Å²) in [4.78, 5) is 7.93. The van der Waals surface area contributed by atoms with E-state index < -0.39 is 0 Å². The summed E-state index contributed by atoms with van der Waals surface area (Å²) in [6.07, 6.45) is 4.49. The fourth-order valence-electron chi connectivity index (χ4n) is 1.33. The standard InChI is InChI=1S/C8H10ClN3O/c9-7-3-10-4-8(12-7)11-5-1-6(13)2-5/h3-6,13H,1-2H2,(H,11,12). The number of aromatic nitrogens is 2.